The summed E-state index contributed by atoms with van der Waals surface area (Å²) >= 11 is 0. The Balaban J connectivity index is 1.41. The van der Waals surface area contributed by atoms with E-state index in [0.29, 0.717) is 25.4 Å². The molecule has 1 aromatic carbocycles. The lowest BCUT2D eigenvalue weighted by Gasteiger charge is -2.38. The minimum Gasteiger partial charge on any atom is -0.467 e. The molecule has 8 heteroatoms. The Labute approximate surface area is 206 Å². The van der Waals surface area contributed by atoms with Gasteiger partial charge < -0.3 is 24.3 Å². The number of hydrogen-bond acceptors (Lipinski definition) is 5. The maximum atomic E-state index is 13.6. The van der Waals surface area contributed by atoms with E-state index in [4.69, 9.17) is 9.47 Å². The van der Waals surface area contributed by atoms with E-state index in [2.05, 4.69) is 4.98 Å². The number of aromatic nitrogens is 1. The van der Waals surface area contributed by atoms with Crippen LogP contribution in [-0.2, 0) is 32.0 Å². The second-order valence-corrected chi connectivity index (χ2v) is 10.9. The van der Waals surface area contributed by atoms with Crippen molar-refractivity contribution in [2.24, 2.45) is 11.8 Å². The molecule has 1 aromatic heterocycles. The van der Waals surface area contributed by atoms with Crippen LogP contribution in [0.4, 0.5) is 4.79 Å². The van der Waals surface area contributed by atoms with Crippen molar-refractivity contribution in [3.63, 3.8) is 0 Å². The molecule has 0 spiro atoms. The number of para-hydroxylation sites is 1. The second kappa shape index (κ2) is 9.91. The fourth-order valence-electron chi connectivity index (χ4n) is 5.41. The van der Waals surface area contributed by atoms with Gasteiger partial charge >= 0.3 is 12.1 Å². The van der Waals surface area contributed by atoms with Crippen molar-refractivity contribution in [3.8, 4) is 0 Å². The molecule has 0 radical (unpaired) electrons. The van der Waals surface area contributed by atoms with Crippen molar-refractivity contribution in [2.75, 3.05) is 20.7 Å². The summed E-state index contributed by atoms with van der Waals surface area (Å²) in [6.07, 6.45) is 3.34. The third-order valence-electron chi connectivity index (χ3n) is 7.19. The number of rotatable bonds is 4. The summed E-state index contributed by atoms with van der Waals surface area (Å²) < 4.78 is 10.5. The maximum Gasteiger partial charge on any atom is 0.410 e. The van der Waals surface area contributed by atoms with E-state index in [1.165, 1.54) is 7.11 Å². The summed E-state index contributed by atoms with van der Waals surface area (Å²) in [5.74, 6) is -0.156. The number of fused-ring (bicyclic) bond motifs is 3. The van der Waals surface area contributed by atoms with Gasteiger partial charge in [0.05, 0.1) is 13.7 Å². The number of benzene rings is 1. The van der Waals surface area contributed by atoms with Crippen molar-refractivity contribution in [1.29, 1.82) is 0 Å². The van der Waals surface area contributed by atoms with E-state index in [-0.39, 0.29) is 23.9 Å². The highest BCUT2D eigenvalue weighted by atomic mass is 16.6. The first kappa shape index (κ1) is 25.1. The van der Waals surface area contributed by atoms with E-state index >= 15 is 0 Å². The summed E-state index contributed by atoms with van der Waals surface area (Å²) in [5.41, 5.74) is 2.58. The molecule has 2 amide bonds. The fourth-order valence-corrected chi connectivity index (χ4v) is 5.41. The van der Waals surface area contributed by atoms with Gasteiger partial charge in [-0.05, 0) is 64.0 Å². The summed E-state index contributed by atoms with van der Waals surface area (Å²) in [5, 5.41) is 1.10. The van der Waals surface area contributed by atoms with Crippen molar-refractivity contribution in [2.45, 2.75) is 71.1 Å². The van der Waals surface area contributed by atoms with E-state index < -0.39 is 11.6 Å². The van der Waals surface area contributed by atoms with Gasteiger partial charge in [-0.2, -0.15) is 0 Å². The molecular weight excluding hydrogens is 446 g/mol. The lowest BCUT2D eigenvalue weighted by atomic mass is 9.80. The van der Waals surface area contributed by atoms with Gasteiger partial charge in [0, 0.05) is 42.5 Å². The van der Waals surface area contributed by atoms with Crippen molar-refractivity contribution < 1.29 is 23.9 Å². The molecular formula is C27H37N3O5. The zero-order valence-electron chi connectivity index (χ0n) is 21.4. The first-order valence-corrected chi connectivity index (χ1v) is 12.5. The molecule has 8 nitrogen and oxygen atoms in total. The Hall–Kier alpha value is -3.03. The van der Waals surface area contributed by atoms with Crippen LogP contribution in [0.2, 0.25) is 0 Å². The van der Waals surface area contributed by atoms with Crippen LogP contribution >= 0.6 is 0 Å². The Bertz CT molecular complexity index is 1090. The smallest absolute Gasteiger partial charge is 0.410 e. The van der Waals surface area contributed by atoms with Crippen LogP contribution in [0.3, 0.4) is 0 Å². The van der Waals surface area contributed by atoms with E-state index in [9.17, 15) is 14.4 Å². The van der Waals surface area contributed by atoms with E-state index in [0.717, 1.165) is 47.8 Å². The van der Waals surface area contributed by atoms with Gasteiger partial charge in [-0.15, -0.1) is 0 Å². The van der Waals surface area contributed by atoms with Crippen LogP contribution in [0.25, 0.3) is 10.9 Å². The van der Waals surface area contributed by atoms with Crippen molar-refractivity contribution in [1.82, 2.24) is 14.8 Å². The Kier molecular flexibility index (Phi) is 7.10. The number of esters is 1. The molecule has 1 fully saturated rings. The molecule has 1 saturated carbocycles. The van der Waals surface area contributed by atoms with Crippen LogP contribution in [-0.4, -0.2) is 65.1 Å². The van der Waals surface area contributed by atoms with E-state index in [1.807, 2.05) is 45.0 Å². The highest BCUT2D eigenvalue weighted by molar-refractivity contribution is 5.90. The van der Waals surface area contributed by atoms with Crippen LogP contribution in [0.15, 0.2) is 24.3 Å². The predicted molar refractivity (Wildman–Crippen MR) is 133 cm³/mol. The normalized spacial score (nSPS) is 22.4. The minimum absolute atomic E-state index is 0.0173. The maximum absolute atomic E-state index is 13.6. The number of carbonyl (C=O) groups is 3. The summed E-state index contributed by atoms with van der Waals surface area (Å²) in [4.78, 5) is 45.4. The summed E-state index contributed by atoms with van der Waals surface area (Å²) in [6.45, 7) is 6.57. The lowest BCUT2D eigenvalue weighted by molar-refractivity contribution is -0.156. The number of nitrogens with one attached hydrogen (secondary N) is 1. The van der Waals surface area contributed by atoms with E-state index in [1.54, 1.807) is 16.8 Å². The zero-order chi connectivity index (χ0) is 25.3. The topological polar surface area (TPSA) is 91.9 Å². The molecule has 4 rings (SSSR count). The second-order valence-electron chi connectivity index (χ2n) is 10.9. The number of carbonyl (C=O) groups excluding carboxylic acids is 3. The largest absolute Gasteiger partial charge is 0.467 e. The Morgan fingerprint density at radius 3 is 2.46 bits per heavy atom. The molecule has 1 aliphatic carbocycles. The van der Waals surface area contributed by atoms with Gasteiger partial charge in [0.2, 0.25) is 5.91 Å². The van der Waals surface area contributed by atoms with Gasteiger partial charge in [-0.3, -0.25) is 4.79 Å². The molecule has 2 aliphatic rings. The summed E-state index contributed by atoms with van der Waals surface area (Å²) in [6, 6.07) is 7.41. The van der Waals surface area contributed by atoms with Crippen molar-refractivity contribution in [3.05, 3.63) is 35.5 Å². The molecule has 0 unspecified atom stereocenters. The number of ether oxygens (including phenoxy) is 2. The van der Waals surface area contributed by atoms with Gasteiger partial charge in [-0.25, -0.2) is 9.59 Å². The number of H-pyrrole nitrogens is 1. The number of hydrogen-bond donors (Lipinski definition) is 1. The minimum atomic E-state index is -0.616. The first-order chi connectivity index (χ1) is 16.6. The zero-order valence-corrected chi connectivity index (χ0v) is 21.4. The van der Waals surface area contributed by atoms with Crippen molar-refractivity contribution >= 4 is 28.9 Å². The van der Waals surface area contributed by atoms with Crippen LogP contribution in [0.1, 0.15) is 57.7 Å². The predicted octanol–water partition coefficient (Wildman–Crippen LogP) is 4.27. The SMILES string of the molecule is COC(=O)[C@@H]1Cc2c([nH]c3ccccc23)CN1C(=O)[C@H]1CC[C@H](CN(C)C(=O)OC(C)(C)C)CC1. The first-order valence-electron chi connectivity index (χ1n) is 12.5. The standard InChI is InChI=1S/C27H37N3O5/c1-27(2,3)35-26(33)29(4)15-17-10-12-18(13-11-17)24(31)30-16-22-20(14-23(30)25(32)34-5)19-8-6-7-9-21(19)28-22/h6-9,17-18,23,28H,10-16H2,1-5H3/t17-,18-,23-/m0/s1. The van der Waals surface area contributed by atoms with Gasteiger partial charge in [0.25, 0.3) is 0 Å². The molecule has 190 valence electrons. The highest BCUT2D eigenvalue weighted by Gasteiger charge is 2.40. The number of nitrogens with zero attached hydrogens (tertiary/aromatic N) is 2. The monoisotopic (exact) mass is 483 g/mol. The number of methoxy groups -OCH3 is 1. The third-order valence-corrected chi connectivity index (χ3v) is 7.19. The Morgan fingerprint density at radius 1 is 1.11 bits per heavy atom. The molecule has 2 aromatic rings. The van der Waals surface area contributed by atoms with Gasteiger partial charge in [0.15, 0.2) is 0 Å². The highest BCUT2D eigenvalue weighted by Crippen LogP contribution is 2.35. The van der Waals surface area contributed by atoms with Gasteiger partial charge in [0.1, 0.15) is 11.6 Å². The van der Waals surface area contributed by atoms with Gasteiger partial charge in [-0.1, -0.05) is 18.2 Å². The third kappa shape index (κ3) is 5.46. The molecule has 35 heavy (non-hydrogen) atoms. The number of aromatic amines is 1. The molecule has 2 heterocycles. The molecule has 1 aliphatic heterocycles. The molecule has 0 bridgehead atoms. The fraction of sp³-hybridized carbons (Fsp3) is 0.593. The van der Waals surface area contributed by atoms with Crippen LogP contribution in [0, 0.1) is 11.8 Å². The lowest BCUT2D eigenvalue weighted by Crippen LogP contribution is -2.51. The molecule has 1 N–H and O–H groups in total. The quantitative estimate of drug-likeness (QED) is 0.656. The summed E-state index contributed by atoms with van der Waals surface area (Å²) in [7, 11) is 3.14. The average molecular weight is 484 g/mol. The molecule has 0 saturated heterocycles. The van der Waals surface area contributed by atoms with Crippen LogP contribution < -0.4 is 0 Å². The molecule has 1 atom stereocenters. The average Bonchev–Trinajstić information content (AvgIpc) is 3.19. The number of amides is 2. The van der Waals surface area contributed by atoms with Crippen LogP contribution in [0.5, 0.6) is 0 Å². The Morgan fingerprint density at radius 2 is 1.80 bits per heavy atom.